The van der Waals surface area contributed by atoms with Gasteiger partial charge in [-0.3, -0.25) is 14.5 Å². The van der Waals surface area contributed by atoms with Crippen molar-refractivity contribution in [2.24, 2.45) is 0 Å². The Hall–Kier alpha value is -3.58. The first kappa shape index (κ1) is 24.5. The zero-order valence-electron chi connectivity index (χ0n) is 20.0. The maximum absolute atomic E-state index is 13.9. The molecule has 6 nitrogen and oxygen atoms in total. The summed E-state index contributed by atoms with van der Waals surface area (Å²) in [5, 5.41) is 3.03. The van der Waals surface area contributed by atoms with Crippen LogP contribution < -0.4 is 10.2 Å². The number of fused-ring (bicyclic) bond motifs is 2. The molecule has 0 aromatic heterocycles. The van der Waals surface area contributed by atoms with Crippen LogP contribution >= 0.6 is 11.8 Å². The van der Waals surface area contributed by atoms with Crippen molar-refractivity contribution < 1.29 is 19.1 Å². The number of hydrogen-bond acceptors (Lipinski definition) is 5. The number of anilines is 2. The second-order valence-electron chi connectivity index (χ2n) is 8.10. The first-order valence-corrected chi connectivity index (χ1v) is 12.6. The van der Waals surface area contributed by atoms with Gasteiger partial charge in [0.15, 0.2) is 0 Å². The van der Waals surface area contributed by atoms with Crippen LogP contribution in [-0.4, -0.2) is 30.4 Å². The van der Waals surface area contributed by atoms with Gasteiger partial charge in [0, 0.05) is 15.5 Å². The molecule has 1 heterocycles. The first-order valence-electron chi connectivity index (χ1n) is 11.8. The van der Waals surface area contributed by atoms with Gasteiger partial charge in [-0.05, 0) is 61.7 Å². The summed E-state index contributed by atoms with van der Waals surface area (Å²) < 4.78 is 5.18. The molecule has 180 valence electrons. The number of rotatable bonds is 7. The highest BCUT2D eigenvalue weighted by Crippen LogP contribution is 2.43. The number of hydrogen-bond donors (Lipinski definition) is 1. The van der Waals surface area contributed by atoms with E-state index < -0.39 is 12.0 Å². The van der Waals surface area contributed by atoms with E-state index in [1.807, 2.05) is 62.4 Å². The van der Waals surface area contributed by atoms with Crippen LogP contribution in [0.1, 0.15) is 53.5 Å². The molecule has 0 aliphatic carbocycles. The van der Waals surface area contributed by atoms with Crippen molar-refractivity contribution in [1.82, 2.24) is 0 Å². The number of ether oxygens (including phenoxy) is 1. The molecule has 2 amide bonds. The van der Waals surface area contributed by atoms with Crippen LogP contribution in [-0.2, 0) is 16.0 Å². The molecule has 0 spiro atoms. The van der Waals surface area contributed by atoms with Crippen LogP contribution in [0.25, 0.3) is 0 Å². The second-order valence-corrected chi connectivity index (χ2v) is 9.18. The predicted molar refractivity (Wildman–Crippen MR) is 138 cm³/mol. The SMILES string of the molecule is CCOC(=O)c1ccc2c(c1)N([C@@H](CC)C(=O)Nc1ccccc1CC)C(=O)c1ccccc1S2. The van der Waals surface area contributed by atoms with E-state index in [0.717, 1.165) is 27.5 Å². The zero-order valence-corrected chi connectivity index (χ0v) is 20.9. The van der Waals surface area contributed by atoms with Crippen LogP contribution in [0.2, 0.25) is 0 Å². The van der Waals surface area contributed by atoms with Crippen LogP contribution in [0.3, 0.4) is 0 Å². The second kappa shape index (κ2) is 10.8. The number of para-hydroxylation sites is 1. The Balaban J connectivity index is 1.81. The third kappa shape index (κ3) is 4.95. The Kier molecular flexibility index (Phi) is 7.56. The Labute approximate surface area is 209 Å². The van der Waals surface area contributed by atoms with Crippen LogP contribution in [0.15, 0.2) is 76.5 Å². The molecule has 0 radical (unpaired) electrons. The van der Waals surface area contributed by atoms with Crippen molar-refractivity contribution >= 4 is 40.9 Å². The molecule has 0 fully saturated rings. The maximum Gasteiger partial charge on any atom is 0.338 e. The predicted octanol–water partition coefficient (Wildman–Crippen LogP) is 5.95. The number of carbonyl (C=O) groups is 3. The van der Waals surface area contributed by atoms with E-state index in [0.29, 0.717) is 23.2 Å². The fourth-order valence-electron chi connectivity index (χ4n) is 4.18. The van der Waals surface area contributed by atoms with Crippen LogP contribution in [0.5, 0.6) is 0 Å². The number of nitrogens with one attached hydrogen (secondary N) is 1. The third-order valence-electron chi connectivity index (χ3n) is 5.94. The maximum atomic E-state index is 13.9. The molecule has 1 aliphatic rings. The Morgan fingerprint density at radius 2 is 1.71 bits per heavy atom. The Morgan fingerprint density at radius 3 is 2.46 bits per heavy atom. The minimum atomic E-state index is -0.782. The number of carbonyl (C=O) groups excluding carboxylic acids is 3. The summed E-state index contributed by atoms with van der Waals surface area (Å²) in [5.41, 5.74) is 3.13. The number of aryl methyl sites for hydroxylation is 1. The summed E-state index contributed by atoms with van der Waals surface area (Å²) in [6.07, 6.45) is 1.16. The number of amides is 2. The van der Waals surface area contributed by atoms with Gasteiger partial charge in [-0.1, -0.05) is 55.9 Å². The lowest BCUT2D eigenvalue weighted by Gasteiger charge is -2.31. The monoisotopic (exact) mass is 488 g/mol. The lowest BCUT2D eigenvalue weighted by molar-refractivity contribution is -0.117. The molecule has 4 rings (SSSR count). The number of benzene rings is 3. The lowest BCUT2D eigenvalue weighted by atomic mass is 10.1. The molecule has 0 bridgehead atoms. The van der Waals surface area contributed by atoms with Crippen molar-refractivity contribution in [3.63, 3.8) is 0 Å². The fraction of sp³-hybridized carbons (Fsp3) is 0.250. The Bertz CT molecular complexity index is 1270. The fourth-order valence-corrected chi connectivity index (χ4v) is 5.23. The summed E-state index contributed by atoms with van der Waals surface area (Å²) >= 11 is 1.45. The van der Waals surface area contributed by atoms with E-state index in [1.54, 1.807) is 25.1 Å². The van der Waals surface area contributed by atoms with E-state index in [1.165, 1.54) is 16.7 Å². The van der Waals surface area contributed by atoms with Crippen molar-refractivity contribution in [2.45, 2.75) is 49.4 Å². The van der Waals surface area contributed by atoms with Crippen molar-refractivity contribution in [3.05, 3.63) is 83.4 Å². The number of esters is 1. The topological polar surface area (TPSA) is 75.7 Å². The van der Waals surface area contributed by atoms with E-state index in [9.17, 15) is 14.4 Å². The van der Waals surface area contributed by atoms with E-state index in [-0.39, 0.29) is 18.4 Å². The largest absolute Gasteiger partial charge is 0.462 e. The van der Waals surface area contributed by atoms with Crippen molar-refractivity contribution in [1.29, 1.82) is 0 Å². The summed E-state index contributed by atoms with van der Waals surface area (Å²) in [6, 6.07) is 19.4. The van der Waals surface area contributed by atoms with Crippen LogP contribution in [0, 0.1) is 0 Å². The quantitative estimate of drug-likeness (QED) is 0.416. The molecule has 0 unspecified atom stereocenters. The minimum absolute atomic E-state index is 0.246. The molecular formula is C28H28N2O4S. The summed E-state index contributed by atoms with van der Waals surface area (Å²) in [4.78, 5) is 43.1. The summed E-state index contributed by atoms with van der Waals surface area (Å²) in [5.74, 6) is -1.03. The molecule has 0 saturated heterocycles. The van der Waals surface area contributed by atoms with Gasteiger partial charge in [-0.2, -0.15) is 0 Å². The van der Waals surface area contributed by atoms with Gasteiger partial charge in [0.25, 0.3) is 5.91 Å². The molecule has 3 aromatic rings. The Morgan fingerprint density at radius 1 is 0.971 bits per heavy atom. The van der Waals surface area contributed by atoms with E-state index >= 15 is 0 Å². The minimum Gasteiger partial charge on any atom is -0.462 e. The number of nitrogens with zero attached hydrogens (tertiary/aromatic N) is 1. The highest BCUT2D eigenvalue weighted by Gasteiger charge is 2.36. The molecule has 1 aliphatic heterocycles. The molecule has 7 heteroatoms. The lowest BCUT2D eigenvalue weighted by Crippen LogP contribution is -2.47. The summed E-state index contributed by atoms with van der Waals surface area (Å²) in [7, 11) is 0. The first-order chi connectivity index (χ1) is 17.0. The van der Waals surface area contributed by atoms with Crippen LogP contribution in [0.4, 0.5) is 11.4 Å². The van der Waals surface area contributed by atoms with Crippen molar-refractivity contribution in [3.8, 4) is 0 Å². The van der Waals surface area contributed by atoms with Crippen molar-refractivity contribution in [2.75, 3.05) is 16.8 Å². The van der Waals surface area contributed by atoms with Gasteiger partial charge in [-0.25, -0.2) is 4.79 Å². The van der Waals surface area contributed by atoms with Gasteiger partial charge in [0.1, 0.15) is 6.04 Å². The average molecular weight is 489 g/mol. The highest BCUT2D eigenvalue weighted by atomic mass is 32.2. The van der Waals surface area contributed by atoms with Gasteiger partial charge in [0.2, 0.25) is 5.91 Å². The third-order valence-corrected chi connectivity index (χ3v) is 7.08. The normalized spacial score (nSPS) is 13.3. The molecule has 1 N–H and O–H groups in total. The average Bonchev–Trinajstić information content (AvgIpc) is 2.99. The molecule has 35 heavy (non-hydrogen) atoms. The van der Waals surface area contributed by atoms with Gasteiger partial charge >= 0.3 is 5.97 Å². The van der Waals surface area contributed by atoms with Gasteiger partial charge in [-0.15, -0.1) is 0 Å². The standard InChI is InChI=1S/C28H28N2O4S/c1-4-18-11-7-9-13-21(18)29-26(31)22(5-2)30-23-17-19(28(33)34-6-3)15-16-25(23)35-24-14-10-8-12-20(24)27(30)32/h7-17,22H,4-6H2,1-3H3,(H,29,31)/t22-/m0/s1. The van der Waals surface area contributed by atoms with Gasteiger partial charge < -0.3 is 10.1 Å². The van der Waals surface area contributed by atoms with E-state index in [2.05, 4.69) is 5.32 Å². The van der Waals surface area contributed by atoms with E-state index in [4.69, 9.17) is 4.74 Å². The smallest absolute Gasteiger partial charge is 0.338 e. The zero-order chi connectivity index (χ0) is 24.9. The molecule has 1 atom stereocenters. The molecular weight excluding hydrogens is 460 g/mol. The highest BCUT2D eigenvalue weighted by molar-refractivity contribution is 7.99. The summed E-state index contributed by atoms with van der Waals surface area (Å²) in [6.45, 7) is 5.90. The molecule has 0 saturated carbocycles. The molecule has 3 aromatic carbocycles. The van der Waals surface area contributed by atoms with Gasteiger partial charge in [0.05, 0.1) is 23.4 Å².